The van der Waals surface area contributed by atoms with Crippen molar-refractivity contribution in [3.8, 4) is 5.75 Å². The first-order chi connectivity index (χ1) is 9.56. The highest BCUT2D eigenvalue weighted by atomic mass is 35.5. The number of nitrogens with zero attached hydrogens (tertiary/aromatic N) is 2. The maximum atomic E-state index is 12.3. The van der Waals surface area contributed by atoms with Crippen LogP contribution in [0.3, 0.4) is 0 Å². The predicted octanol–water partition coefficient (Wildman–Crippen LogP) is 1.45. The highest BCUT2D eigenvalue weighted by Gasteiger charge is 2.27. The van der Waals surface area contributed by atoms with Gasteiger partial charge in [0.1, 0.15) is 0 Å². The van der Waals surface area contributed by atoms with Gasteiger partial charge in [0, 0.05) is 24.7 Å². The fourth-order valence-corrected chi connectivity index (χ4v) is 2.36. The first-order valence-corrected chi connectivity index (χ1v) is 6.38. The van der Waals surface area contributed by atoms with E-state index in [4.69, 9.17) is 10.5 Å². The van der Waals surface area contributed by atoms with Gasteiger partial charge in [0.25, 0.3) is 5.91 Å². The number of nitro benzene ring substituents is 1. The fourth-order valence-electron chi connectivity index (χ4n) is 2.36. The monoisotopic (exact) mass is 315 g/mol. The number of amides is 1. The maximum absolute atomic E-state index is 12.3. The SMILES string of the molecule is COc1ccc(C(=O)N2CCC(CN)C2)cc1[N+](=O)[O-].Cl. The van der Waals surface area contributed by atoms with Gasteiger partial charge >= 0.3 is 5.69 Å². The Balaban J connectivity index is 0.00000220. The molecule has 1 heterocycles. The molecule has 1 amide bonds. The number of carbonyl (C=O) groups excluding carboxylic acids is 1. The minimum atomic E-state index is -0.553. The van der Waals surface area contributed by atoms with E-state index in [0.717, 1.165) is 6.42 Å². The molecule has 0 aliphatic carbocycles. The molecular weight excluding hydrogens is 298 g/mol. The van der Waals surface area contributed by atoms with Crippen LogP contribution < -0.4 is 10.5 Å². The van der Waals surface area contributed by atoms with E-state index in [-0.39, 0.29) is 29.8 Å². The Morgan fingerprint density at radius 1 is 1.57 bits per heavy atom. The third-order valence-electron chi connectivity index (χ3n) is 3.53. The number of methoxy groups -OCH3 is 1. The van der Waals surface area contributed by atoms with Crippen LogP contribution in [0, 0.1) is 16.0 Å². The number of nitro groups is 1. The number of hydrogen-bond donors (Lipinski definition) is 1. The van der Waals surface area contributed by atoms with E-state index in [1.165, 1.54) is 19.2 Å². The van der Waals surface area contributed by atoms with Gasteiger partial charge in [-0.1, -0.05) is 0 Å². The maximum Gasteiger partial charge on any atom is 0.311 e. The lowest BCUT2D eigenvalue weighted by atomic mass is 10.1. The van der Waals surface area contributed by atoms with E-state index >= 15 is 0 Å². The molecule has 0 radical (unpaired) electrons. The van der Waals surface area contributed by atoms with E-state index in [9.17, 15) is 14.9 Å². The number of carbonyl (C=O) groups is 1. The third-order valence-corrected chi connectivity index (χ3v) is 3.53. The van der Waals surface area contributed by atoms with Crippen molar-refractivity contribution in [1.29, 1.82) is 0 Å². The molecule has 1 atom stereocenters. The van der Waals surface area contributed by atoms with Gasteiger partial charge in [-0.2, -0.15) is 0 Å². The molecule has 1 aromatic carbocycles. The standard InChI is InChI=1S/C13H17N3O4.ClH/c1-20-12-3-2-10(6-11(12)16(18)19)13(17)15-5-4-9(7-14)8-15;/h2-3,6,9H,4-5,7-8,14H2,1H3;1H. The van der Waals surface area contributed by atoms with Crippen LogP contribution in [0.4, 0.5) is 5.69 Å². The van der Waals surface area contributed by atoms with Gasteiger partial charge in [0.2, 0.25) is 0 Å². The van der Waals surface area contributed by atoms with Crippen molar-refractivity contribution in [3.63, 3.8) is 0 Å². The van der Waals surface area contributed by atoms with Gasteiger partial charge in [-0.25, -0.2) is 0 Å². The summed E-state index contributed by atoms with van der Waals surface area (Å²) in [5.74, 6) is 0.256. The lowest BCUT2D eigenvalue weighted by Gasteiger charge is -2.16. The van der Waals surface area contributed by atoms with Crippen LogP contribution in [0.15, 0.2) is 18.2 Å². The van der Waals surface area contributed by atoms with Crippen molar-refractivity contribution in [2.24, 2.45) is 11.7 Å². The average Bonchev–Trinajstić information content (AvgIpc) is 2.94. The largest absolute Gasteiger partial charge is 0.490 e. The molecule has 0 aromatic heterocycles. The van der Waals surface area contributed by atoms with Crippen LogP contribution in [0.1, 0.15) is 16.8 Å². The number of ether oxygens (including phenoxy) is 1. The Morgan fingerprint density at radius 3 is 2.81 bits per heavy atom. The second kappa shape index (κ2) is 7.24. The van der Waals surface area contributed by atoms with Crippen molar-refractivity contribution >= 4 is 24.0 Å². The Morgan fingerprint density at radius 2 is 2.29 bits per heavy atom. The summed E-state index contributed by atoms with van der Waals surface area (Å²) in [6.45, 7) is 1.79. The number of benzene rings is 1. The molecule has 2 N–H and O–H groups in total. The van der Waals surface area contributed by atoms with Crippen LogP contribution >= 0.6 is 12.4 Å². The van der Waals surface area contributed by atoms with Gasteiger partial charge in [-0.05, 0) is 31.0 Å². The average molecular weight is 316 g/mol. The molecule has 21 heavy (non-hydrogen) atoms. The highest BCUT2D eigenvalue weighted by molar-refractivity contribution is 5.95. The Bertz CT molecular complexity index is 538. The van der Waals surface area contributed by atoms with E-state index in [2.05, 4.69) is 0 Å². The van der Waals surface area contributed by atoms with E-state index in [1.54, 1.807) is 11.0 Å². The highest BCUT2D eigenvalue weighted by Crippen LogP contribution is 2.28. The van der Waals surface area contributed by atoms with Gasteiger partial charge in [-0.3, -0.25) is 14.9 Å². The Kier molecular flexibility index (Phi) is 5.92. The molecule has 2 rings (SSSR count). The molecule has 1 unspecified atom stereocenters. The number of likely N-dealkylation sites (tertiary alicyclic amines) is 1. The number of hydrogen-bond acceptors (Lipinski definition) is 5. The summed E-state index contributed by atoms with van der Waals surface area (Å²) in [5, 5.41) is 11.0. The molecule has 1 fully saturated rings. The van der Waals surface area contributed by atoms with Crippen LogP contribution in [0.2, 0.25) is 0 Å². The van der Waals surface area contributed by atoms with Gasteiger partial charge in [-0.15, -0.1) is 12.4 Å². The van der Waals surface area contributed by atoms with Gasteiger partial charge < -0.3 is 15.4 Å². The van der Waals surface area contributed by atoms with E-state index in [0.29, 0.717) is 31.1 Å². The second-order valence-corrected chi connectivity index (χ2v) is 4.79. The lowest BCUT2D eigenvalue weighted by molar-refractivity contribution is -0.385. The number of halogens is 1. The first kappa shape index (κ1) is 17.2. The molecule has 0 spiro atoms. The lowest BCUT2D eigenvalue weighted by Crippen LogP contribution is -2.29. The summed E-state index contributed by atoms with van der Waals surface area (Å²) in [4.78, 5) is 24.4. The quantitative estimate of drug-likeness (QED) is 0.669. The molecule has 1 aliphatic heterocycles. The van der Waals surface area contributed by atoms with Gasteiger partial charge in [0.05, 0.1) is 12.0 Å². The fraction of sp³-hybridized carbons (Fsp3) is 0.462. The summed E-state index contributed by atoms with van der Waals surface area (Å²) >= 11 is 0. The number of nitrogens with two attached hydrogens (primary N) is 1. The summed E-state index contributed by atoms with van der Waals surface area (Å²) in [7, 11) is 1.36. The normalized spacial score (nSPS) is 17.2. The summed E-state index contributed by atoms with van der Waals surface area (Å²) in [6, 6.07) is 4.25. The second-order valence-electron chi connectivity index (χ2n) is 4.79. The van der Waals surface area contributed by atoms with Crippen LogP contribution in [0.25, 0.3) is 0 Å². The zero-order valence-corrected chi connectivity index (χ0v) is 12.5. The van der Waals surface area contributed by atoms with Gasteiger partial charge in [0.15, 0.2) is 5.75 Å². The van der Waals surface area contributed by atoms with Crippen molar-refractivity contribution in [1.82, 2.24) is 4.90 Å². The molecule has 1 aliphatic rings. The van der Waals surface area contributed by atoms with Crippen molar-refractivity contribution in [2.45, 2.75) is 6.42 Å². The minimum absolute atomic E-state index is 0. The molecule has 7 nitrogen and oxygen atoms in total. The van der Waals surface area contributed by atoms with Crippen LogP contribution in [-0.4, -0.2) is 42.5 Å². The zero-order chi connectivity index (χ0) is 14.7. The smallest absolute Gasteiger partial charge is 0.311 e. The van der Waals surface area contributed by atoms with Crippen molar-refractivity contribution in [2.75, 3.05) is 26.7 Å². The van der Waals surface area contributed by atoms with Crippen molar-refractivity contribution in [3.05, 3.63) is 33.9 Å². The van der Waals surface area contributed by atoms with E-state index < -0.39 is 4.92 Å². The molecule has 0 bridgehead atoms. The summed E-state index contributed by atoms with van der Waals surface area (Å²) in [5.41, 5.74) is 5.69. The summed E-state index contributed by atoms with van der Waals surface area (Å²) in [6.07, 6.45) is 0.875. The Hall–Kier alpha value is -1.86. The van der Waals surface area contributed by atoms with Crippen LogP contribution in [-0.2, 0) is 0 Å². The molecule has 0 saturated carbocycles. The molecule has 8 heteroatoms. The molecule has 116 valence electrons. The molecular formula is C13H18ClN3O4. The molecule has 1 saturated heterocycles. The topological polar surface area (TPSA) is 98.7 Å². The van der Waals surface area contributed by atoms with E-state index in [1.807, 2.05) is 0 Å². The third kappa shape index (κ3) is 3.62. The number of rotatable bonds is 4. The van der Waals surface area contributed by atoms with Crippen LogP contribution in [0.5, 0.6) is 5.75 Å². The Labute approximate surface area is 128 Å². The minimum Gasteiger partial charge on any atom is -0.490 e. The van der Waals surface area contributed by atoms with Crippen molar-refractivity contribution < 1.29 is 14.5 Å². The first-order valence-electron chi connectivity index (χ1n) is 6.38. The predicted molar refractivity (Wildman–Crippen MR) is 80.0 cm³/mol. The molecule has 1 aromatic rings. The summed E-state index contributed by atoms with van der Waals surface area (Å²) < 4.78 is 4.92. The zero-order valence-electron chi connectivity index (χ0n) is 11.7.